The number of esters is 2. The SMILES string of the molecule is COC(=O)c1ccc(-c2noc(C)c2C(=O)OC(C)(C)C)cc1. The largest absolute Gasteiger partial charge is 0.465 e. The number of aryl methyl sites for hydroxylation is 1. The molecule has 0 bridgehead atoms. The van der Waals surface area contributed by atoms with Crippen molar-refractivity contribution in [2.45, 2.75) is 33.3 Å². The van der Waals surface area contributed by atoms with E-state index in [1.54, 1.807) is 52.0 Å². The highest BCUT2D eigenvalue weighted by molar-refractivity contribution is 5.97. The van der Waals surface area contributed by atoms with Crippen molar-refractivity contribution in [3.8, 4) is 11.3 Å². The van der Waals surface area contributed by atoms with E-state index in [0.717, 1.165) is 0 Å². The van der Waals surface area contributed by atoms with Gasteiger partial charge in [0, 0.05) is 5.56 Å². The number of benzene rings is 1. The minimum absolute atomic E-state index is 0.283. The molecule has 0 fully saturated rings. The first-order chi connectivity index (χ1) is 10.7. The predicted octanol–water partition coefficient (Wildman–Crippen LogP) is 3.39. The van der Waals surface area contributed by atoms with Crippen molar-refractivity contribution in [2.24, 2.45) is 0 Å². The normalized spacial score (nSPS) is 11.2. The first-order valence-corrected chi connectivity index (χ1v) is 7.11. The zero-order valence-electron chi connectivity index (χ0n) is 13.8. The number of carbonyl (C=O) groups is 2. The van der Waals surface area contributed by atoms with Crippen LogP contribution in [0.5, 0.6) is 0 Å². The fraction of sp³-hybridized carbons (Fsp3) is 0.353. The Balaban J connectivity index is 2.38. The molecule has 0 saturated heterocycles. The minimum atomic E-state index is -0.618. The summed E-state index contributed by atoms with van der Waals surface area (Å²) in [6.07, 6.45) is 0. The smallest absolute Gasteiger partial charge is 0.344 e. The number of rotatable bonds is 3. The van der Waals surface area contributed by atoms with Gasteiger partial charge in [-0.3, -0.25) is 0 Å². The Bertz CT molecular complexity index is 722. The van der Waals surface area contributed by atoms with Gasteiger partial charge < -0.3 is 14.0 Å². The number of nitrogens with zero attached hydrogens (tertiary/aromatic N) is 1. The Morgan fingerprint density at radius 2 is 1.70 bits per heavy atom. The summed E-state index contributed by atoms with van der Waals surface area (Å²) in [5.41, 5.74) is 1.11. The van der Waals surface area contributed by atoms with Crippen molar-refractivity contribution in [2.75, 3.05) is 7.11 Å². The molecule has 0 spiro atoms. The summed E-state index contributed by atoms with van der Waals surface area (Å²) in [7, 11) is 1.32. The van der Waals surface area contributed by atoms with E-state index in [2.05, 4.69) is 9.89 Å². The molecule has 0 atom stereocenters. The molecule has 2 rings (SSSR count). The Kier molecular flexibility index (Phi) is 4.54. The maximum Gasteiger partial charge on any atom is 0.344 e. The molecule has 6 heteroatoms. The lowest BCUT2D eigenvalue weighted by molar-refractivity contribution is 0.00684. The highest BCUT2D eigenvalue weighted by Gasteiger charge is 2.26. The van der Waals surface area contributed by atoms with Crippen molar-refractivity contribution in [3.63, 3.8) is 0 Å². The van der Waals surface area contributed by atoms with Crippen LogP contribution >= 0.6 is 0 Å². The summed E-state index contributed by atoms with van der Waals surface area (Å²) in [6.45, 7) is 7.02. The molecule has 0 radical (unpaired) electrons. The fourth-order valence-electron chi connectivity index (χ4n) is 2.02. The summed E-state index contributed by atoms with van der Waals surface area (Å²) in [5, 5.41) is 3.94. The highest BCUT2D eigenvalue weighted by atomic mass is 16.6. The zero-order valence-corrected chi connectivity index (χ0v) is 13.8. The molecule has 0 N–H and O–H groups in total. The van der Waals surface area contributed by atoms with Gasteiger partial charge in [0.2, 0.25) is 0 Å². The quantitative estimate of drug-likeness (QED) is 0.807. The molecule has 1 heterocycles. The van der Waals surface area contributed by atoms with Crippen LogP contribution in [0.1, 0.15) is 47.2 Å². The summed E-state index contributed by atoms with van der Waals surface area (Å²) in [6, 6.07) is 6.56. The van der Waals surface area contributed by atoms with Crippen LogP contribution in [0.3, 0.4) is 0 Å². The second-order valence-electron chi connectivity index (χ2n) is 6.03. The molecule has 0 aliphatic carbocycles. The van der Waals surface area contributed by atoms with Crippen LogP contribution in [0.25, 0.3) is 11.3 Å². The molecule has 2 aromatic rings. The zero-order chi connectivity index (χ0) is 17.2. The average molecular weight is 317 g/mol. The van der Waals surface area contributed by atoms with E-state index >= 15 is 0 Å². The molecular formula is C17H19NO5. The molecule has 0 aliphatic heterocycles. The van der Waals surface area contributed by atoms with Gasteiger partial charge in [-0.15, -0.1) is 0 Å². The molecule has 1 aromatic carbocycles. The molecule has 0 unspecified atom stereocenters. The lowest BCUT2D eigenvalue weighted by Gasteiger charge is -2.19. The molecule has 0 amide bonds. The third-order valence-electron chi connectivity index (χ3n) is 3.05. The number of aromatic nitrogens is 1. The van der Waals surface area contributed by atoms with Crippen molar-refractivity contribution < 1.29 is 23.6 Å². The third-order valence-corrected chi connectivity index (χ3v) is 3.05. The van der Waals surface area contributed by atoms with Gasteiger partial charge in [-0.1, -0.05) is 17.3 Å². The second kappa shape index (κ2) is 6.24. The van der Waals surface area contributed by atoms with Gasteiger partial charge >= 0.3 is 11.9 Å². The second-order valence-corrected chi connectivity index (χ2v) is 6.03. The topological polar surface area (TPSA) is 78.6 Å². The lowest BCUT2D eigenvalue weighted by atomic mass is 10.0. The van der Waals surface area contributed by atoms with Crippen LogP contribution in [0.15, 0.2) is 28.8 Å². The molecule has 6 nitrogen and oxygen atoms in total. The maximum atomic E-state index is 12.4. The van der Waals surface area contributed by atoms with E-state index in [1.807, 2.05) is 0 Å². The number of methoxy groups -OCH3 is 1. The van der Waals surface area contributed by atoms with Crippen LogP contribution in [-0.4, -0.2) is 29.8 Å². The van der Waals surface area contributed by atoms with Crippen molar-refractivity contribution >= 4 is 11.9 Å². The average Bonchev–Trinajstić information content (AvgIpc) is 2.86. The van der Waals surface area contributed by atoms with Crippen LogP contribution < -0.4 is 0 Å². The Morgan fingerprint density at radius 3 is 2.22 bits per heavy atom. The van der Waals surface area contributed by atoms with Crippen LogP contribution in [0.2, 0.25) is 0 Å². The number of hydrogen-bond donors (Lipinski definition) is 0. The summed E-state index contributed by atoms with van der Waals surface area (Å²) < 4.78 is 15.2. The van der Waals surface area contributed by atoms with Crippen LogP contribution in [-0.2, 0) is 9.47 Å². The maximum absolute atomic E-state index is 12.4. The van der Waals surface area contributed by atoms with E-state index in [-0.39, 0.29) is 5.56 Å². The number of carbonyl (C=O) groups excluding carboxylic acids is 2. The summed E-state index contributed by atoms with van der Waals surface area (Å²) >= 11 is 0. The minimum Gasteiger partial charge on any atom is -0.465 e. The Morgan fingerprint density at radius 1 is 1.09 bits per heavy atom. The van der Waals surface area contributed by atoms with Crippen molar-refractivity contribution in [1.29, 1.82) is 0 Å². The van der Waals surface area contributed by atoms with E-state index in [9.17, 15) is 9.59 Å². The lowest BCUT2D eigenvalue weighted by Crippen LogP contribution is -2.24. The van der Waals surface area contributed by atoms with Gasteiger partial charge in [0.05, 0.1) is 12.7 Å². The number of hydrogen-bond acceptors (Lipinski definition) is 6. The molecule has 0 saturated carbocycles. The third kappa shape index (κ3) is 3.77. The van der Waals surface area contributed by atoms with Crippen molar-refractivity contribution in [3.05, 3.63) is 41.2 Å². The van der Waals surface area contributed by atoms with Gasteiger partial charge in [0.1, 0.15) is 22.6 Å². The van der Waals surface area contributed by atoms with E-state index in [4.69, 9.17) is 9.26 Å². The molecule has 23 heavy (non-hydrogen) atoms. The first kappa shape index (κ1) is 16.7. The summed E-state index contributed by atoms with van der Waals surface area (Å²) in [5.74, 6) is -0.546. The van der Waals surface area contributed by atoms with Crippen LogP contribution in [0.4, 0.5) is 0 Å². The summed E-state index contributed by atoms with van der Waals surface area (Å²) in [4.78, 5) is 23.8. The van der Waals surface area contributed by atoms with Gasteiger partial charge in [-0.2, -0.15) is 0 Å². The molecule has 1 aromatic heterocycles. The molecule has 0 aliphatic rings. The van der Waals surface area contributed by atoms with E-state index < -0.39 is 17.5 Å². The van der Waals surface area contributed by atoms with Gasteiger partial charge in [0.25, 0.3) is 0 Å². The standard InChI is InChI=1S/C17H19NO5/c1-10-13(16(20)22-17(2,3)4)14(18-23-10)11-6-8-12(9-7-11)15(19)21-5/h6-9H,1-5H3. The van der Waals surface area contributed by atoms with E-state index in [1.165, 1.54) is 7.11 Å². The van der Waals surface area contributed by atoms with Crippen molar-refractivity contribution in [1.82, 2.24) is 5.16 Å². The highest BCUT2D eigenvalue weighted by Crippen LogP contribution is 2.27. The molecule has 122 valence electrons. The van der Waals surface area contributed by atoms with Gasteiger partial charge in [0.15, 0.2) is 0 Å². The van der Waals surface area contributed by atoms with Crippen LogP contribution in [0, 0.1) is 6.92 Å². The van der Waals surface area contributed by atoms with Gasteiger partial charge in [-0.05, 0) is 39.8 Å². The fourth-order valence-corrected chi connectivity index (χ4v) is 2.02. The Labute approximate surface area is 134 Å². The first-order valence-electron chi connectivity index (χ1n) is 7.11. The van der Waals surface area contributed by atoms with E-state index in [0.29, 0.717) is 22.6 Å². The monoisotopic (exact) mass is 317 g/mol. The molecular weight excluding hydrogens is 298 g/mol. The Hall–Kier alpha value is -2.63. The number of ether oxygens (including phenoxy) is 2. The van der Waals surface area contributed by atoms with Gasteiger partial charge in [-0.25, -0.2) is 9.59 Å². The predicted molar refractivity (Wildman–Crippen MR) is 83.2 cm³/mol.